The van der Waals surface area contributed by atoms with Crippen LogP contribution in [0.15, 0.2) is 60.2 Å². The van der Waals surface area contributed by atoms with Gasteiger partial charge in [0.05, 0.1) is 36.4 Å². The van der Waals surface area contributed by atoms with Crippen molar-refractivity contribution in [3.63, 3.8) is 0 Å². The van der Waals surface area contributed by atoms with Crippen LogP contribution in [0, 0.1) is 0 Å². The monoisotopic (exact) mass is 582 g/mol. The Kier molecular flexibility index (Phi) is 8.11. The number of anilines is 2. The minimum absolute atomic E-state index is 0.0265. The van der Waals surface area contributed by atoms with Gasteiger partial charge in [0.1, 0.15) is 10.8 Å². The van der Waals surface area contributed by atoms with Crippen LogP contribution in [0.2, 0.25) is 10.0 Å². The van der Waals surface area contributed by atoms with Crippen LogP contribution in [0.4, 0.5) is 11.4 Å². The molecule has 1 aliphatic heterocycles. The summed E-state index contributed by atoms with van der Waals surface area (Å²) in [6, 6.07) is 15.4. The summed E-state index contributed by atoms with van der Waals surface area (Å²) in [4.78, 5) is 30.6. The summed E-state index contributed by atoms with van der Waals surface area (Å²) in [7, 11) is 6.60. The molecule has 0 radical (unpaired) electrons. The van der Waals surface area contributed by atoms with Gasteiger partial charge in [-0.3, -0.25) is 14.5 Å². The number of nitrogens with zero attached hydrogens (tertiary/aromatic N) is 2. The van der Waals surface area contributed by atoms with Crippen molar-refractivity contribution in [2.75, 3.05) is 38.1 Å². The summed E-state index contributed by atoms with van der Waals surface area (Å²) in [5.41, 5.74) is 3.02. The van der Waals surface area contributed by atoms with E-state index in [1.165, 1.54) is 25.2 Å². The molecule has 1 N–H and O–H groups in total. The standard InChI is InChI=1S/C31H32Cl2N2O5/c1-31(2,3)18-10-8-17(9-11-18)25-23(26(36)21-16-22(32)29(40-7)24(33)28(21)39-6)27(37)30(38)35(25)20-14-12-19(13-15-20)34(4)5/h8-16,25,36H,1-7H3/b26-23+. The van der Waals surface area contributed by atoms with E-state index in [1.54, 1.807) is 12.1 Å². The molecular formula is C31H32Cl2N2O5. The predicted molar refractivity (Wildman–Crippen MR) is 160 cm³/mol. The van der Waals surface area contributed by atoms with Crippen molar-refractivity contribution in [3.05, 3.63) is 86.9 Å². The van der Waals surface area contributed by atoms with Crippen molar-refractivity contribution < 1.29 is 24.2 Å². The third kappa shape index (κ3) is 5.11. The molecule has 1 aliphatic rings. The molecule has 9 heteroatoms. The lowest BCUT2D eigenvalue weighted by atomic mass is 9.85. The highest BCUT2D eigenvalue weighted by Crippen LogP contribution is 2.48. The topological polar surface area (TPSA) is 79.3 Å². The van der Waals surface area contributed by atoms with Crippen molar-refractivity contribution in [2.24, 2.45) is 0 Å². The number of ketones is 1. The number of ether oxygens (including phenoxy) is 2. The second kappa shape index (κ2) is 11.1. The lowest BCUT2D eigenvalue weighted by Gasteiger charge is -2.27. The Balaban J connectivity index is 1.99. The molecule has 1 fully saturated rings. The van der Waals surface area contributed by atoms with E-state index in [2.05, 4.69) is 20.8 Å². The van der Waals surface area contributed by atoms with Gasteiger partial charge < -0.3 is 19.5 Å². The molecule has 3 aromatic rings. The van der Waals surface area contributed by atoms with Gasteiger partial charge in [-0.2, -0.15) is 0 Å². The first kappa shape index (κ1) is 29.3. The highest BCUT2D eigenvalue weighted by Gasteiger charge is 2.47. The Bertz CT molecular complexity index is 1490. The van der Waals surface area contributed by atoms with E-state index in [9.17, 15) is 14.7 Å². The molecule has 0 aliphatic carbocycles. The Hall–Kier alpha value is -3.68. The van der Waals surface area contributed by atoms with Crippen LogP contribution >= 0.6 is 23.2 Å². The zero-order valence-corrected chi connectivity index (χ0v) is 25.0. The summed E-state index contributed by atoms with van der Waals surface area (Å²) >= 11 is 12.9. The van der Waals surface area contributed by atoms with Crippen molar-refractivity contribution in [1.82, 2.24) is 0 Å². The Labute approximate surface area is 244 Å². The fourth-order valence-electron chi connectivity index (χ4n) is 4.78. The number of carbonyl (C=O) groups is 2. The van der Waals surface area contributed by atoms with Crippen LogP contribution in [-0.2, 0) is 15.0 Å². The predicted octanol–water partition coefficient (Wildman–Crippen LogP) is 7.00. The number of hydrogen-bond donors (Lipinski definition) is 1. The molecule has 40 heavy (non-hydrogen) atoms. The van der Waals surface area contributed by atoms with Crippen LogP contribution < -0.4 is 19.3 Å². The smallest absolute Gasteiger partial charge is 0.300 e. The third-order valence-electron chi connectivity index (χ3n) is 6.98. The van der Waals surface area contributed by atoms with Gasteiger partial charge in [0.2, 0.25) is 0 Å². The summed E-state index contributed by atoms with van der Waals surface area (Å²) < 4.78 is 10.8. The first-order valence-electron chi connectivity index (χ1n) is 12.6. The van der Waals surface area contributed by atoms with Crippen LogP contribution in [0.3, 0.4) is 0 Å². The van der Waals surface area contributed by atoms with E-state index in [4.69, 9.17) is 32.7 Å². The van der Waals surface area contributed by atoms with E-state index in [1.807, 2.05) is 55.4 Å². The number of methoxy groups -OCH3 is 2. The zero-order chi connectivity index (χ0) is 29.5. The van der Waals surface area contributed by atoms with E-state index in [0.29, 0.717) is 11.3 Å². The SMILES string of the molecule is COc1c(Cl)cc(/C(O)=C2\C(=O)C(=O)N(c3ccc(N(C)C)cc3)C2c2ccc(C(C)(C)C)cc2)c(OC)c1Cl. The minimum Gasteiger partial charge on any atom is -0.507 e. The van der Waals surface area contributed by atoms with Crippen LogP contribution in [0.1, 0.15) is 43.5 Å². The van der Waals surface area contributed by atoms with Gasteiger partial charge in [-0.05, 0) is 46.9 Å². The molecule has 1 saturated heterocycles. The number of Topliss-reactive ketones (excluding diaryl/α,β-unsaturated/α-hetero) is 1. The Morgan fingerprint density at radius 2 is 1.50 bits per heavy atom. The minimum atomic E-state index is -0.927. The highest BCUT2D eigenvalue weighted by molar-refractivity contribution is 6.52. The van der Waals surface area contributed by atoms with Crippen molar-refractivity contribution >= 4 is 52.0 Å². The molecule has 1 unspecified atom stereocenters. The normalized spacial score (nSPS) is 16.8. The summed E-state index contributed by atoms with van der Waals surface area (Å²) in [6.45, 7) is 6.30. The third-order valence-corrected chi connectivity index (χ3v) is 7.60. The van der Waals surface area contributed by atoms with Gasteiger partial charge in [0, 0.05) is 25.5 Å². The first-order valence-corrected chi connectivity index (χ1v) is 13.4. The Morgan fingerprint density at radius 3 is 2.00 bits per heavy atom. The number of rotatable bonds is 6. The lowest BCUT2D eigenvalue weighted by Crippen LogP contribution is -2.29. The number of halogens is 2. The zero-order valence-electron chi connectivity index (χ0n) is 23.5. The molecule has 0 saturated carbocycles. The molecule has 210 valence electrons. The fourth-order valence-corrected chi connectivity index (χ4v) is 5.47. The van der Waals surface area contributed by atoms with Crippen LogP contribution in [0.5, 0.6) is 11.5 Å². The van der Waals surface area contributed by atoms with E-state index in [-0.39, 0.29) is 38.1 Å². The van der Waals surface area contributed by atoms with Crippen molar-refractivity contribution in [1.29, 1.82) is 0 Å². The number of aliphatic hydroxyl groups is 1. The molecule has 0 aromatic heterocycles. The van der Waals surface area contributed by atoms with Gasteiger partial charge >= 0.3 is 0 Å². The molecule has 7 nitrogen and oxygen atoms in total. The first-order chi connectivity index (χ1) is 18.8. The number of amides is 1. The maximum atomic E-state index is 13.6. The van der Waals surface area contributed by atoms with Crippen LogP contribution in [0.25, 0.3) is 5.76 Å². The van der Waals surface area contributed by atoms with E-state index >= 15 is 0 Å². The number of aliphatic hydroxyl groups excluding tert-OH is 1. The molecule has 0 spiro atoms. The van der Waals surface area contributed by atoms with Gasteiger partial charge in [0.15, 0.2) is 11.5 Å². The number of carbonyl (C=O) groups excluding carboxylic acids is 2. The fraction of sp³-hybridized carbons (Fsp3) is 0.290. The molecule has 3 aromatic carbocycles. The molecule has 4 rings (SSSR count). The molecule has 1 amide bonds. The maximum Gasteiger partial charge on any atom is 0.300 e. The van der Waals surface area contributed by atoms with E-state index in [0.717, 1.165) is 11.3 Å². The number of hydrogen-bond acceptors (Lipinski definition) is 6. The largest absolute Gasteiger partial charge is 0.507 e. The second-order valence-electron chi connectivity index (χ2n) is 10.7. The maximum absolute atomic E-state index is 13.6. The molecule has 1 heterocycles. The second-order valence-corrected chi connectivity index (χ2v) is 11.5. The summed E-state index contributed by atoms with van der Waals surface area (Å²) in [5, 5.41) is 11.8. The highest BCUT2D eigenvalue weighted by atomic mass is 35.5. The number of benzene rings is 3. The van der Waals surface area contributed by atoms with Gasteiger partial charge in [0.25, 0.3) is 11.7 Å². The van der Waals surface area contributed by atoms with Gasteiger partial charge in [-0.1, -0.05) is 68.2 Å². The lowest BCUT2D eigenvalue weighted by molar-refractivity contribution is -0.132. The summed E-state index contributed by atoms with van der Waals surface area (Å²) in [6.07, 6.45) is 0. The van der Waals surface area contributed by atoms with Crippen molar-refractivity contribution in [3.8, 4) is 11.5 Å². The van der Waals surface area contributed by atoms with Crippen molar-refractivity contribution in [2.45, 2.75) is 32.2 Å². The molecular weight excluding hydrogens is 551 g/mol. The van der Waals surface area contributed by atoms with E-state index < -0.39 is 23.5 Å². The quantitative estimate of drug-likeness (QED) is 0.191. The van der Waals surface area contributed by atoms with Gasteiger partial charge in [-0.25, -0.2) is 0 Å². The molecule has 0 bridgehead atoms. The summed E-state index contributed by atoms with van der Waals surface area (Å²) in [5.74, 6) is -1.85. The molecule has 1 atom stereocenters. The Morgan fingerprint density at radius 1 is 0.925 bits per heavy atom. The average Bonchev–Trinajstić information content (AvgIpc) is 3.18. The average molecular weight is 584 g/mol. The van der Waals surface area contributed by atoms with Gasteiger partial charge in [-0.15, -0.1) is 0 Å². The van der Waals surface area contributed by atoms with Crippen LogP contribution in [-0.4, -0.2) is 45.1 Å².